The van der Waals surface area contributed by atoms with Crippen molar-refractivity contribution in [2.75, 3.05) is 17.3 Å². The van der Waals surface area contributed by atoms with E-state index in [-0.39, 0.29) is 23.8 Å². The number of carbonyl (C=O) groups is 1. The highest BCUT2D eigenvalue weighted by atomic mass is 35.5. The lowest BCUT2D eigenvalue weighted by Crippen LogP contribution is -2.40. The molecule has 0 bridgehead atoms. The highest BCUT2D eigenvalue weighted by Gasteiger charge is 2.47. The number of hydrogen-bond acceptors (Lipinski definition) is 3. The topological polar surface area (TPSA) is 63.5 Å². The molecule has 0 aromatic heterocycles. The molecule has 1 unspecified atom stereocenters. The Kier molecular flexibility index (Phi) is 3.87. The first-order valence-corrected chi connectivity index (χ1v) is 7.43. The van der Waals surface area contributed by atoms with Gasteiger partial charge in [-0.15, -0.1) is 11.6 Å². The van der Waals surface area contributed by atoms with Gasteiger partial charge in [-0.3, -0.25) is 14.9 Å². The van der Waals surface area contributed by atoms with Crippen LogP contribution in [0.25, 0.3) is 10.8 Å². The van der Waals surface area contributed by atoms with Crippen LogP contribution in [0.1, 0.15) is 11.5 Å². The van der Waals surface area contributed by atoms with Crippen LogP contribution in [0.15, 0.2) is 30.3 Å². The Balaban J connectivity index is 2.31. The molecule has 2 aromatic carbocycles. The molecular formula is C15H10ClF3N2O3. The second-order valence-electron chi connectivity index (χ2n) is 5.40. The summed E-state index contributed by atoms with van der Waals surface area (Å²) in [6, 6.07) is 7.36. The fraction of sp³-hybridized carbons (Fsp3) is 0.267. The van der Waals surface area contributed by atoms with Gasteiger partial charge in [0.25, 0.3) is 5.69 Å². The fourth-order valence-electron chi connectivity index (χ4n) is 3.05. The van der Waals surface area contributed by atoms with Gasteiger partial charge in [-0.2, -0.15) is 13.2 Å². The van der Waals surface area contributed by atoms with Crippen LogP contribution in [-0.2, 0) is 4.79 Å². The van der Waals surface area contributed by atoms with Crippen LogP contribution < -0.4 is 4.90 Å². The first-order valence-electron chi connectivity index (χ1n) is 6.90. The summed E-state index contributed by atoms with van der Waals surface area (Å²) in [5, 5.41) is 12.0. The predicted octanol–water partition coefficient (Wildman–Crippen LogP) is 3.98. The molecule has 0 N–H and O–H groups in total. The largest absolute Gasteiger partial charge is 0.471 e. The van der Waals surface area contributed by atoms with E-state index in [1.54, 1.807) is 18.2 Å². The average molecular weight is 359 g/mol. The minimum atomic E-state index is -5.07. The second kappa shape index (κ2) is 5.62. The highest BCUT2D eigenvalue weighted by molar-refractivity contribution is 6.19. The fourth-order valence-corrected chi connectivity index (χ4v) is 3.30. The van der Waals surface area contributed by atoms with Gasteiger partial charge in [0.15, 0.2) is 0 Å². The third kappa shape index (κ3) is 2.47. The molecule has 3 rings (SSSR count). The van der Waals surface area contributed by atoms with E-state index < -0.39 is 22.9 Å². The number of rotatable bonds is 2. The summed E-state index contributed by atoms with van der Waals surface area (Å²) in [6.45, 7) is -0.262. The van der Waals surface area contributed by atoms with Crippen molar-refractivity contribution in [2.24, 2.45) is 0 Å². The summed E-state index contributed by atoms with van der Waals surface area (Å²) in [5.41, 5.74) is -0.0169. The van der Waals surface area contributed by atoms with E-state index in [0.717, 1.165) is 6.07 Å². The number of fused-ring (bicyclic) bond motifs is 3. The van der Waals surface area contributed by atoms with Crippen LogP contribution in [-0.4, -0.2) is 29.4 Å². The van der Waals surface area contributed by atoms with Crippen LogP contribution in [0.2, 0.25) is 0 Å². The van der Waals surface area contributed by atoms with E-state index in [1.807, 2.05) is 0 Å². The Morgan fingerprint density at radius 2 is 1.96 bits per heavy atom. The Morgan fingerprint density at radius 3 is 2.50 bits per heavy atom. The van der Waals surface area contributed by atoms with Crippen LogP contribution in [0.5, 0.6) is 0 Å². The van der Waals surface area contributed by atoms with Crippen LogP contribution in [0, 0.1) is 10.1 Å². The Labute approximate surface area is 138 Å². The van der Waals surface area contributed by atoms with Crippen LogP contribution in [0.3, 0.4) is 0 Å². The lowest BCUT2D eigenvalue weighted by Gasteiger charge is -2.19. The predicted molar refractivity (Wildman–Crippen MR) is 82.5 cm³/mol. The van der Waals surface area contributed by atoms with Crippen molar-refractivity contribution in [1.82, 2.24) is 0 Å². The molecule has 0 radical (unpaired) electrons. The van der Waals surface area contributed by atoms with Gasteiger partial charge in [-0.05, 0) is 17.0 Å². The van der Waals surface area contributed by atoms with Gasteiger partial charge < -0.3 is 4.90 Å². The number of nitro benzene ring substituents is 1. The lowest BCUT2D eigenvalue weighted by molar-refractivity contribution is -0.383. The maximum Gasteiger partial charge on any atom is 0.471 e. The summed E-state index contributed by atoms with van der Waals surface area (Å²) < 4.78 is 38.5. The van der Waals surface area contributed by atoms with Gasteiger partial charge in [0.05, 0.1) is 16.0 Å². The Hall–Kier alpha value is -2.35. The molecule has 126 valence electrons. The molecule has 1 aliphatic heterocycles. The molecule has 0 spiro atoms. The molecule has 1 amide bonds. The zero-order valence-electron chi connectivity index (χ0n) is 12.0. The SMILES string of the molecule is O=C(N1CC(CCl)c2c1cc([N+](=O)[O-])c1ccccc21)C(F)(F)F. The molecule has 0 saturated heterocycles. The Morgan fingerprint density at radius 1 is 1.33 bits per heavy atom. The summed E-state index contributed by atoms with van der Waals surface area (Å²) in [4.78, 5) is 22.8. The monoisotopic (exact) mass is 358 g/mol. The summed E-state index contributed by atoms with van der Waals surface area (Å²) in [6.07, 6.45) is -5.07. The second-order valence-corrected chi connectivity index (χ2v) is 5.70. The van der Waals surface area contributed by atoms with Crippen LogP contribution >= 0.6 is 11.6 Å². The smallest absolute Gasteiger partial charge is 0.303 e. The van der Waals surface area contributed by atoms with Gasteiger partial charge in [0.1, 0.15) is 0 Å². The highest BCUT2D eigenvalue weighted by Crippen LogP contribution is 2.46. The molecule has 0 aliphatic carbocycles. The first-order chi connectivity index (χ1) is 11.3. The van der Waals surface area contributed by atoms with E-state index in [0.29, 0.717) is 21.2 Å². The number of halogens is 4. The third-order valence-electron chi connectivity index (χ3n) is 4.02. The normalized spacial score (nSPS) is 17.2. The number of hydrogen-bond donors (Lipinski definition) is 0. The van der Waals surface area contributed by atoms with Gasteiger partial charge in [0, 0.05) is 24.4 Å². The van der Waals surface area contributed by atoms with E-state index in [4.69, 9.17) is 11.6 Å². The molecule has 1 atom stereocenters. The molecule has 1 heterocycles. The van der Waals surface area contributed by atoms with Crippen molar-refractivity contribution in [3.8, 4) is 0 Å². The van der Waals surface area contributed by atoms with Crippen molar-refractivity contribution in [3.63, 3.8) is 0 Å². The maximum atomic E-state index is 12.8. The molecule has 1 aliphatic rings. The molecule has 5 nitrogen and oxygen atoms in total. The first kappa shape index (κ1) is 16.5. The minimum absolute atomic E-state index is 0.00353. The Bertz CT molecular complexity index is 854. The third-order valence-corrected chi connectivity index (χ3v) is 4.39. The molecule has 24 heavy (non-hydrogen) atoms. The molecular weight excluding hydrogens is 349 g/mol. The lowest BCUT2D eigenvalue weighted by atomic mass is 9.95. The molecule has 9 heteroatoms. The van der Waals surface area contributed by atoms with E-state index in [9.17, 15) is 28.1 Å². The number of nitro groups is 1. The van der Waals surface area contributed by atoms with Crippen molar-refractivity contribution >= 4 is 39.7 Å². The number of amides is 1. The maximum absolute atomic E-state index is 12.8. The molecule has 2 aromatic rings. The molecule has 0 fully saturated rings. The standard InChI is InChI=1S/C15H10ClF3N2O3/c16-6-8-7-20(14(22)15(17,18)19)12-5-11(21(23)24)9-3-1-2-4-10(9)13(8)12/h1-5,8H,6-7H2. The van der Waals surface area contributed by atoms with E-state index >= 15 is 0 Å². The van der Waals surface area contributed by atoms with E-state index in [1.165, 1.54) is 6.07 Å². The zero-order chi connectivity index (χ0) is 17.6. The van der Waals surface area contributed by atoms with Crippen molar-refractivity contribution in [1.29, 1.82) is 0 Å². The zero-order valence-corrected chi connectivity index (χ0v) is 12.8. The van der Waals surface area contributed by atoms with Gasteiger partial charge >= 0.3 is 12.1 Å². The van der Waals surface area contributed by atoms with Crippen molar-refractivity contribution in [2.45, 2.75) is 12.1 Å². The number of non-ortho nitro benzene ring substituents is 1. The number of carbonyl (C=O) groups excluding carboxylic acids is 1. The van der Waals surface area contributed by atoms with Gasteiger partial charge in [-0.25, -0.2) is 0 Å². The number of anilines is 1. The van der Waals surface area contributed by atoms with Gasteiger partial charge in [0.2, 0.25) is 0 Å². The van der Waals surface area contributed by atoms with Crippen LogP contribution in [0.4, 0.5) is 24.5 Å². The minimum Gasteiger partial charge on any atom is -0.303 e. The molecule has 0 saturated carbocycles. The number of alkyl halides is 4. The number of benzene rings is 2. The van der Waals surface area contributed by atoms with Crippen molar-refractivity contribution < 1.29 is 22.9 Å². The summed E-state index contributed by atoms with van der Waals surface area (Å²) in [7, 11) is 0. The number of nitrogens with zero attached hydrogens (tertiary/aromatic N) is 2. The van der Waals surface area contributed by atoms with Gasteiger partial charge in [-0.1, -0.05) is 18.2 Å². The van der Waals surface area contributed by atoms with E-state index in [2.05, 4.69) is 0 Å². The summed E-state index contributed by atoms with van der Waals surface area (Å²) in [5.74, 6) is -2.59. The average Bonchev–Trinajstić information content (AvgIpc) is 2.91. The summed E-state index contributed by atoms with van der Waals surface area (Å²) >= 11 is 5.87. The van der Waals surface area contributed by atoms with Crippen molar-refractivity contribution in [3.05, 3.63) is 46.0 Å². The quantitative estimate of drug-likeness (QED) is 0.463.